The Labute approximate surface area is 115 Å². The number of nitrogens with one attached hydrogen (secondary N) is 1. The monoisotopic (exact) mass is 271 g/mol. The van der Waals surface area contributed by atoms with Gasteiger partial charge in [-0.3, -0.25) is 10.1 Å². The molecule has 102 valence electrons. The molecule has 0 spiro atoms. The van der Waals surface area contributed by atoms with Crippen molar-refractivity contribution in [3.8, 4) is 11.8 Å². The van der Waals surface area contributed by atoms with Crippen LogP contribution in [0, 0.1) is 25.2 Å². The molecule has 2 aromatic rings. The fraction of sp³-hybridized carbons (Fsp3) is 0.214. The van der Waals surface area contributed by atoms with E-state index in [0.29, 0.717) is 17.2 Å². The topological polar surface area (TPSA) is 88.2 Å². The number of hydrogen-bond donors (Lipinski definition) is 1. The zero-order valence-electron chi connectivity index (χ0n) is 11.1. The van der Waals surface area contributed by atoms with Gasteiger partial charge in [0.2, 0.25) is 5.88 Å². The Hall–Kier alpha value is -2.81. The van der Waals surface area contributed by atoms with Gasteiger partial charge in [0.25, 0.3) is 5.91 Å². The number of hydrogen-bond acceptors (Lipinski definition) is 5. The van der Waals surface area contributed by atoms with Crippen molar-refractivity contribution in [2.45, 2.75) is 13.8 Å². The first kappa shape index (κ1) is 13.6. The molecule has 0 saturated heterocycles. The maximum atomic E-state index is 11.7. The standard InChI is InChI=1S/C14H13N3O3/c1-9-10(2)17-20-14(9)16-13(18)8-19-12-5-3-11(7-15)4-6-12/h3-6H,8H2,1-2H3,(H,16,18). The average Bonchev–Trinajstić information content (AvgIpc) is 2.78. The molecular formula is C14H13N3O3. The van der Waals surface area contributed by atoms with Crippen LogP contribution in [0.2, 0.25) is 0 Å². The molecular weight excluding hydrogens is 258 g/mol. The number of aromatic nitrogens is 1. The number of benzene rings is 1. The van der Waals surface area contributed by atoms with Crippen molar-refractivity contribution in [1.29, 1.82) is 5.26 Å². The summed E-state index contributed by atoms with van der Waals surface area (Å²) in [5, 5.41) is 15.0. The van der Waals surface area contributed by atoms with E-state index in [0.717, 1.165) is 11.3 Å². The molecule has 0 atom stereocenters. The number of carbonyl (C=O) groups is 1. The van der Waals surface area contributed by atoms with E-state index in [2.05, 4.69) is 10.5 Å². The lowest BCUT2D eigenvalue weighted by Gasteiger charge is -2.05. The van der Waals surface area contributed by atoms with Gasteiger partial charge < -0.3 is 9.26 Å². The molecule has 0 aliphatic carbocycles. The van der Waals surface area contributed by atoms with E-state index in [1.54, 1.807) is 31.2 Å². The molecule has 0 fully saturated rings. The number of anilines is 1. The largest absolute Gasteiger partial charge is 0.484 e. The number of nitrogens with zero attached hydrogens (tertiary/aromatic N) is 2. The number of nitriles is 1. The van der Waals surface area contributed by atoms with Gasteiger partial charge in [-0.25, -0.2) is 0 Å². The van der Waals surface area contributed by atoms with Crippen molar-refractivity contribution in [2.24, 2.45) is 0 Å². The first-order valence-electron chi connectivity index (χ1n) is 5.96. The van der Waals surface area contributed by atoms with Gasteiger partial charge >= 0.3 is 0 Å². The molecule has 1 amide bonds. The lowest BCUT2D eigenvalue weighted by atomic mass is 10.2. The first-order chi connectivity index (χ1) is 9.60. The molecule has 1 aromatic carbocycles. The maximum absolute atomic E-state index is 11.7. The average molecular weight is 271 g/mol. The van der Waals surface area contributed by atoms with Crippen LogP contribution in [0.25, 0.3) is 0 Å². The van der Waals surface area contributed by atoms with Gasteiger partial charge in [-0.1, -0.05) is 5.16 Å². The Morgan fingerprint density at radius 2 is 2.10 bits per heavy atom. The van der Waals surface area contributed by atoms with Crippen molar-refractivity contribution in [3.63, 3.8) is 0 Å². The summed E-state index contributed by atoms with van der Waals surface area (Å²) in [6, 6.07) is 8.52. The third kappa shape index (κ3) is 3.14. The van der Waals surface area contributed by atoms with E-state index in [9.17, 15) is 4.79 Å². The predicted octanol–water partition coefficient (Wildman–Crippen LogP) is 2.18. The zero-order valence-corrected chi connectivity index (χ0v) is 11.1. The van der Waals surface area contributed by atoms with Gasteiger partial charge in [0.15, 0.2) is 6.61 Å². The quantitative estimate of drug-likeness (QED) is 0.920. The minimum Gasteiger partial charge on any atom is -0.484 e. The Bertz CT molecular complexity index is 653. The Morgan fingerprint density at radius 1 is 1.40 bits per heavy atom. The van der Waals surface area contributed by atoms with Crippen molar-refractivity contribution >= 4 is 11.8 Å². The number of amides is 1. The summed E-state index contributed by atoms with van der Waals surface area (Å²) < 4.78 is 10.3. The molecule has 0 saturated carbocycles. The number of carbonyl (C=O) groups excluding carboxylic acids is 1. The molecule has 1 aromatic heterocycles. The van der Waals surface area contributed by atoms with Gasteiger partial charge in [-0.2, -0.15) is 5.26 Å². The molecule has 1 heterocycles. The highest BCUT2D eigenvalue weighted by Gasteiger charge is 2.12. The normalized spacial score (nSPS) is 9.85. The summed E-state index contributed by atoms with van der Waals surface area (Å²) >= 11 is 0. The molecule has 0 aliphatic rings. The molecule has 0 bridgehead atoms. The fourth-order valence-corrected chi connectivity index (χ4v) is 1.47. The van der Waals surface area contributed by atoms with E-state index in [4.69, 9.17) is 14.5 Å². The van der Waals surface area contributed by atoms with Crippen LogP contribution in [-0.2, 0) is 4.79 Å². The summed E-state index contributed by atoms with van der Waals surface area (Å²) in [5.41, 5.74) is 2.06. The minimum absolute atomic E-state index is 0.148. The van der Waals surface area contributed by atoms with Crippen molar-refractivity contribution < 1.29 is 14.1 Å². The third-order valence-electron chi connectivity index (χ3n) is 2.76. The molecule has 20 heavy (non-hydrogen) atoms. The second-order valence-electron chi connectivity index (χ2n) is 4.20. The highest BCUT2D eigenvalue weighted by atomic mass is 16.5. The van der Waals surface area contributed by atoms with Crippen LogP contribution in [0.15, 0.2) is 28.8 Å². The summed E-state index contributed by atoms with van der Waals surface area (Å²) in [4.78, 5) is 11.7. The second kappa shape index (κ2) is 5.89. The summed E-state index contributed by atoms with van der Waals surface area (Å²) in [7, 11) is 0. The predicted molar refractivity (Wildman–Crippen MR) is 71.3 cm³/mol. The molecule has 0 unspecified atom stereocenters. The molecule has 0 radical (unpaired) electrons. The number of rotatable bonds is 4. The van der Waals surface area contributed by atoms with E-state index >= 15 is 0 Å². The molecule has 0 aliphatic heterocycles. The Morgan fingerprint density at radius 3 is 2.65 bits per heavy atom. The maximum Gasteiger partial charge on any atom is 0.264 e. The highest BCUT2D eigenvalue weighted by Crippen LogP contribution is 2.17. The van der Waals surface area contributed by atoms with E-state index in [1.807, 2.05) is 13.0 Å². The van der Waals surface area contributed by atoms with Crippen LogP contribution in [0.3, 0.4) is 0 Å². The highest BCUT2D eigenvalue weighted by molar-refractivity contribution is 5.91. The van der Waals surface area contributed by atoms with E-state index < -0.39 is 0 Å². The lowest BCUT2D eigenvalue weighted by molar-refractivity contribution is -0.118. The smallest absolute Gasteiger partial charge is 0.264 e. The molecule has 6 nitrogen and oxygen atoms in total. The Balaban J connectivity index is 1.89. The van der Waals surface area contributed by atoms with Crippen LogP contribution in [0.4, 0.5) is 5.88 Å². The number of aryl methyl sites for hydroxylation is 1. The van der Waals surface area contributed by atoms with Gasteiger partial charge in [-0.15, -0.1) is 0 Å². The summed E-state index contributed by atoms with van der Waals surface area (Å²) in [6.45, 7) is 3.45. The van der Waals surface area contributed by atoms with Gasteiger partial charge in [0.05, 0.1) is 17.3 Å². The van der Waals surface area contributed by atoms with Gasteiger partial charge in [-0.05, 0) is 38.1 Å². The molecule has 2 rings (SSSR count). The zero-order chi connectivity index (χ0) is 14.5. The van der Waals surface area contributed by atoms with E-state index in [-0.39, 0.29) is 12.5 Å². The van der Waals surface area contributed by atoms with Crippen LogP contribution < -0.4 is 10.1 Å². The van der Waals surface area contributed by atoms with Crippen molar-refractivity contribution in [3.05, 3.63) is 41.1 Å². The van der Waals surface area contributed by atoms with E-state index in [1.165, 1.54) is 0 Å². The molecule has 6 heteroatoms. The van der Waals surface area contributed by atoms with Crippen LogP contribution >= 0.6 is 0 Å². The SMILES string of the molecule is Cc1noc(NC(=O)COc2ccc(C#N)cc2)c1C. The minimum atomic E-state index is -0.339. The van der Waals surface area contributed by atoms with Crippen molar-refractivity contribution in [1.82, 2.24) is 5.16 Å². The van der Waals surface area contributed by atoms with Crippen LogP contribution in [-0.4, -0.2) is 17.7 Å². The van der Waals surface area contributed by atoms with Crippen molar-refractivity contribution in [2.75, 3.05) is 11.9 Å². The first-order valence-corrected chi connectivity index (χ1v) is 5.96. The molecule has 1 N–H and O–H groups in total. The number of ether oxygens (including phenoxy) is 1. The summed E-state index contributed by atoms with van der Waals surface area (Å²) in [6.07, 6.45) is 0. The van der Waals surface area contributed by atoms with Gasteiger partial charge in [0, 0.05) is 5.56 Å². The van der Waals surface area contributed by atoms with Crippen LogP contribution in [0.1, 0.15) is 16.8 Å². The fourth-order valence-electron chi connectivity index (χ4n) is 1.47. The van der Waals surface area contributed by atoms with Gasteiger partial charge in [0.1, 0.15) is 5.75 Å². The lowest BCUT2D eigenvalue weighted by Crippen LogP contribution is -2.20. The third-order valence-corrected chi connectivity index (χ3v) is 2.76. The second-order valence-corrected chi connectivity index (χ2v) is 4.20. The summed E-state index contributed by atoms with van der Waals surface area (Å²) in [5.74, 6) is 0.508. The van der Waals surface area contributed by atoms with Crippen LogP contribution in [0.5, 0.6) is 5.75 Å². The Kier molecular flexibility index (Phi) is 4.01.